The lowest BCUT2D eigenvalue weighted by Gasteiger charge is -2.14. The molecule has 0 radical (unpaired) electrons. The standard InChI is InChI=1S/C14H16ClN5O/c1-20(2)10-5-3-4-9(8-10)17-14(21)13-11(15)6-7-12(18-13)19-16/h3-8H,16H2,1-2H3,(H,17,21)(H,18,19). The molecule has 0 saturated heterocycles. The van der Waals surface area contributed by atoms with Crippen molar-refractivity contribution in [3.63, 3.8) is 0 Å². The highest BCUT2D eigenvalue weighted by Gasteiger charge is 2.13. The van der Waals surface area contributed by atoms with Crippen molar-refractivity contribution in [3.05, 3.63) is 47.1 Å². The Balaban J connectivity index is 2.24. The number of anilines is 3. The fourth-order valence-electron chi connectivity index (χ4n) is 1.73. The molecule has 1 aromatic carbocycles. The van der Waals surface area contributed by atoms with E-state index >= 15 is 0 Å². The summed E-state index contributed by atoms with van der Waals surface area (Å²) < 4.78 is 0. The zero-order chi connectivity index (χ0) is 15.4. The molecular formula is C14H16ClN5O. The number of hydrogen-bond acceptors (Lipinski definition) is 5. The van der Waals surface area contributed by atoms with E-state index in [-0.39, 0.29) is 10.7 Å². The number of rotatable bonds is 4. The highest BCUT2D eigenvalue weighted by molar-refractivity contribution is 6.34. The van der Waals surface area contributed by atoms with Crippen molar-refractivity contribution >= 4 is 34.7 Å². The number of carbonyl (C=O) groups excluding carboxylic acids is 1. The smallest absolute Gasteiger partial charge is 0.275 e. The summed E-state index contributed by atoms with van der Waals surface area (Å²) in [5.41, 5.74) is 4.13. The van der Waals surface area contributed by atoms with Gasteiger partial charge in [0.25, 0.3) is 5.91 Å². The minimum Gasteiger partial charge on any atom is -0.378 e. The van der Waals surface area contributed by atoms with E-state index in [9.17, 15) is 4.79 Å². The Morgan fingerprint density at radius 2 is 2.05 bits per heavy atom. The molecule has 2 aromatic rings. The maximum atomic E-state index is 12.2. The van der Waals surface area contributed by atoms with Crippen LogP contribution in [-0.2, 0) is 0 Å². The molecule has 0 bridgehead atoms. The van der Waals surface area contributed by atoms with Gasteiger partial charge in [0.05, 0.1) is 5.02 Å². The van der Waals surface area contributed by atoms with Crippen LogP contribution in [0.25, 0.3) is 0 Å². The van der Waals surface area contributed by atoms with Crippen LogP contribution in [-0.4, -0.2) is 25.0 Å². The molecule has 1 amide bonds. The lowest BCUT2D eigenvalue weighted by molar-refractivity contribution is 0.102. The van der Waals surface area contributed by atoms with Crippen LogP contribution in [0.1, 0.15) is 10.5 Å². The molecule has 6 nitrogen and oxygen atoms in total. The Kier molecular flexibility index (Phi) is 4.62. The first-order chi connectivity index (χ1) is 10.0. The summed E-state index contributed by atoms with van der Waals surface area (Å²) in [5.74, 6) is 5.25. The van der Waals surface area contributed by atoms with Gasteiger partial charge in [-0.05, 0) is 30.3 Å². The monoisotopic (exact) mass is 305 g/mol. The van der Waals surface area contributed by atoms with E-state index in [0.717, 1.165) is 5.69 Å². The molecule has 7 heteroatoms. The van der Waals surface area contributed by atoms with Crippen molar-refractivity contribution in [1.29, 1.82) is 0 Å². The molecule has 0 unspecified atom stereocenters. The maximum absolute atomic E-state index is 12.2. The van der Waals surface area contributed by atoms with Gasteiger partial charge >= 0.3 is 0 Å². The van der Waals surface area contributed by atoms with E-state index < -0.39 is 5.91 Å². The van der Waals surface area contributed by atoms with Crippen LogP contribution in [0.2, 0.25) is 5.02 Å². The molecule has 1 aromatic heterocycles. The third-order valence-electron chi connectivity index (χ3n) is 2.83. The first kappa shape index (κ1) is 15.1. The lowest BCUT2D eigenvalue weighted by atomic mass is 10.2. The van der Waals surface area contributed by atoms with Crippen LogP contribution in [0.3, 0.4) is 0 Å². The maximum Gasteiger partial charge on any atom is 0.275 e. The molecule has 0 saturated carbocycles. The van der Waals surface area contributed by atoms with Gasteiger partial charge in [0.15, 0.2) is 0 Å². The molecule has 0 aliphatic carbocycles. The Morgan fingerprint density at radius 3 is 2.71 bits per heavy atom. The van der Waals surface area contributed by atoms with Crippen molar-refractivity contribution in [2.75, 3.05) is 29.7 Å². The Bertz CT molecular complexity index is 660. The molecule has 1 heterocycles. The number of carbonyl (C=O) groups is 1. The summed E-state index contributed by atoms with van der Waals surface area (Å²) in [5, 5.41) is 3.02. The second-order valence-electron chi connectivity index (χ2n) is 4.57. The summed E-state index contributed by atoms with van der Waals surface area (Å²) >= 11 is 6.00. The SMILES string of the molecule is CN(C)c1cccc(NC(=O)c2nc(NN)ccc2Cl)c1. The second-order valence-corrected chi connectivity index (χ2v) is 4.98. The van der Waals surface area contributed by atoms with Crippen LogP contribution >= 0.6 is 11.6 Å². The lowest BCUT2D eigenvalue weighted by Crippen LogP contribution is -2.17. The molecule has 21 heavy (non-hydrogen) atoms. The summed E-state index contributed by atoms with van der Waals surface area (Å²) in [6, 6.07) is 10.6. The topological polar surface area (TPSA) is 83.3 Å². The number of amides is 1. The fraction of sp³-hybridized carbons (Fsp3) is 0.143. The summed E-state index contributed by atoms with van der Waals surface area (Å²) in [4.78, 5) is 18.2. The quantitative estimate of drug-likeness (QED) is 0.596. The Hall–Kier alpha value is -2.31. The van der Waals surface area contributed by atoms with Crippen LogP contribution < -0.4 is 21.5 Å². The van der Waals surface area contributed by atoms with Crippen molar-refractivity contribution in [2.45, 2.75) is 0 Å². The first-order valence-electron chi connectivity index (χ1n) is 6.23. The number of aromatic nitrogens is 1. The molecule has 0 aliphatic rings. The van der Waals surface area contributed by atoms with Crippen LogP contribution in [0.4, 0.5) is 17.2 Å². The minimum atomic E-state index is -0.395. The van der Waals surface area contributed by atoms with E-state index in [4.69, 9.17) is 17.4 Å². The molecule has 2 rings (SSSR count). The van der Waals surface area contributed by atoms with Crippen molar-refractivity contribution in [2.24, 2.45) is 5.84 Å². The van der Waals surface area contributed by atoms with E-state index in [1.54, 1.807) is 18.2 Å². The number of nitrogens with one attached hydrogen (secondary N) is 2. The van der Waals surface area contributed by atoms with E-state index in [2.05, 4.69) is 15.7 Å². The zero-order valence-electron chi connectivity index (χ0n) is 11.7. The van der Waals surface area contributed by atoms with Gasteiger partial charge in [-0.25, -0.2) is 10.8 Å². The van der Waals surface area contributed by atoms with Gasteiger partial charge in [0, 0.05) is 25.5 Å². The Labute approximate surface area is 127 Å². The van der Waals surface area contributed by atoms with Gasteiger partial charge in [0.1, 0.15) is 11.5 Å². The molecule has 0 aliphatic heterocycles. The highest BCUT2D eigenvalue weighted by atomic mass is 35.5. The largest absolute Gasteiger partial charge is 0.378 e. The van der Waals surface area contributed by atoms with E-state index in [1.807, 2.05) is 37.2 Å². The minimum absolute atomic E-state index is 0.113. The predicted molar refractivity (Wildman–Crippen MR) is 85.8 cm³/mol. The average molecular weight is 306 g/mol. The van der Waals surface area contributed by atoms with Gasteiger partial charge in [-0.3, -0.25) is 4.79 Å². The fourth-order valence-corrected chi connectivity index (χ4v) is 1.92. The van der Waals surface area contributed by atoms with Gasteiger partial charge in [-0.1, -0.05) is 17.7 Å². The first-order valence-corrected chi connectivity index (χ1v) is 6.61. The van der Waals surface area contributed by atoms with Crippen molar-refractivity contribution in [3.8, 4) is 0 Å². The number of hydrogen-bond donors (Lipinski definition) is 3. The number of pyridine rings is 1. The van der Waals surface area contributed by atoms with Gasteiger partial charge < -0.3 is 15.6 Å². The summed E-state index contributed by atoms with van der Waals surface area (Å²) in [7, 11) is 3.85. The zero-order valence-corrected chi connectivity index (χ0v) is 12.5. The average Bonchev–Trinajstić information content (AvgIpc) is 2.48. The van der Waals surface area contributed by atoms with Crippen LogP contribution in [0.5, 0.6) is 0 Å². The molecular weight excluding hydrogens is 290 g/mol. The van der Waals surface area contributed by atoms with Crippen molar-refractivity contribution < 1.29 is 4.79 Å². The predicted octanol–water partition coefficient (Wildman–Crippen LogP) is 2.34. The third-order valence-corrected chi connectivity index (χ3v) is 3.13. The van der Waals surface area contributed by atoms with Gasteiger partial charge in [-0.2, -0.15) is 0 Å². The molecule has 110 valence electrons. The van der Waals surface area contributed by atoms with E-state index in [0.29, 0.717) is 11.5 Å². The number of nitrogens with zero attached hydrogens (tertiary/aromatic N) is 2. The Morgan fingerprint density at radius 1 is 1.29 bits per heavy atom. The van der Waals surface area contributed by atoms with Crippen LogP contribution in [0.15, 0.2) is 36.4 Å². The van der Waals surface area contributed by atoms with Gasteiger partial charge in [0.2, 0.25) is 0 Å². The highest BCUT2D eigenvalue weighted by Crippen LogP contribution is 2.20. The number of nitrogen functional groups attached to an aromatic ring is 1. The summed E-state index contributed by atoms with van der Waals surface area (Å²) in [6.45, 7) is 0. The normalized spacial score (nSPS) is 10.1. The number of nitrogens with two attached hydrogens (primary N) is 1. The summed E-state index contributed by atoms with van der Waals surface area (Å²) in [6.07, 6.45) is 0. The molecule has 0 fully saturated rings. The van der Waals surface area contributed by atoms with Crippen molar-refractivity contribution in [1.82, 2.24) is 4.98 Å². The molecule has 0 spiro atoms. The van der Waals surface area contributed by atoms with E-state index in [1.165, 1.54) is 0 Å². The molecule has 0 atom stereocenters. The number of benzene rings is 1. The number of halogens is 1. The third kappa shape index (κ3) is 3.62. The number of hydrazine groups is 1. The van der Waals surface area contributed by atoms with Gasteiger partial charge in [-0.15, -0.1) is 0 Å². The van der Waals surface area contributed by atoms with Crippen LogP contribution in [0, 0.1) is 0 Å². The molecule has 4 N–H and O–H groups in total. The second kappa shape index (κ2) is 6.43.